The van der Waals surface area contributed by atoms with E-state index in [4.69, 9.17) is 6.42 Å². The number of carbonyl (C=O) groups is 12. The number of rotatable bonds is 12. The van der Waals surface area contributed by atoms with Gasteiger partial charge in [0.1, 0.15) is 47.8 Å². The summed E-state index contributed by atoms with van der Waals surface area (Å²) in [6, 6.07) is 6.88. The predicted octanol–water partition coefficient (Wildman–Crippen LogP) is 2.69. The molecule has 0 bridgehead atoms. The lowest BCUT2D eigenvalue weighted by Crippen LogP contribution is -2.63. The quantitative estimate of drug-likeness (QED) is 0.176. The molecule has 2 aliphatic heterocycles. The molecule has 25 heteroatoms. The van der Waals surface area contributed by atoms with Crippen molar-refractivity contribution in [3.05, 3.63) is 69.3 Å². The number of halogens is 1. The summed E-state index contributed by atoms with van der Waals surface area (Å²) in [6.45, 7) is 12.9. The third-order valence-corrected chi connectivity index (χ3v) is 18.1. The second kappa shape index (κ2) is 35.4. The van der Waals surface area contributed by atoms with Crippen LogP contribution in [0.3, 0.4) is 0 Å². The highest BCUT2D eigenvalue weighted by atomic mass is 127. The van der Waals surface area contributed by atoms with Gasteiger partial charge < -0.3 is 60.5 Å². The topological polar surface area (TPSA) is 279 Å². The molecule has 0 saturated carbocycles. The Hall–Kier alpha value is -7.63. The summed E-state index contributed by atoms with van der Waals surface area (Å²) < 4.78 is 0.824. The standard InChI is InChI=1S/C67H99IN12O12/c1-17-26-48-62(88)79(16)67(8,9)66(92)71-50(33-42(3)4)61(87)78(15)53(64(90)80-31-23-20-24-32-80)38-55(82)76(13)51(34-43(5)6)60(86)72-58(44(7)18-2)65(91)75(12)40-56(83)73(10)41-57(84)77(14)52(37-45-27-21-19-22-28-45)63(89)74(11)39-54(81)69-49(59(85)70-48)36-46-29-25-30-47(68)35-46/h1,19,21-22,25,27-30,35,42-44,48-53,58H,18,20,23-24,26,31-34,36-41H2,2-16H3,(H,69,81)(H,70,85)(H,71,92)(H,72,86)/t44-,48-,49-,50-,51-,52-,53-,58-/m0/s1. The second-order valence-electron chi connectivity index (χ2n) is 26.0. The maximum atomic E-state index is 15.1. The second-order valence-corrected chi connectivity index (χ2v) is 27.2. The molecule has 506 valence electrons. The third kappa shape index (κ3) is 21.5. The van der Waals surface area contributed by atoms with E-state index >= 15 is 4.79 Å². The Morgan fingerprint density at radius 1 is 0.598 bits per heavy atom. The normalized spacial score (nSPS) is 24.1. The Morgan fingerprint density at radius 2 is 1.18 bits per heavy atom. The predicted molar refractivity (Wildman–Crippen MR) is 357 cm³/mol. The van der Waals surface area contributed by atoms with Crippen molar-refractivity contribution in [2.75, 3.05) is 82.1 Å². The van der Waals surface area contributed by atoms with Crippen LogP contribution in [0.4, 0.5) is 0 Å². The molecule has 2 aliphatic rings. The Kier molecular flexibility index (Phi) is 29.6. The van der Waals surface area contributed by atoms with E-state index in [-0.39, 0.29) is 43.9 Å². The first kappa shape index (κ1) is 76.8. The molecule has 0 unspecified atom stereocenters. The molecule has 4 rings (SSSR count). The number of terminal acetylenes is 1. The minimum atomic E-state index is -1.75. The number of benzene rings is 2. The van der Waals surface area contributed by atoms with Gasteiger partial charge in [-0.15, -0.1) is 12.3 Å². The third-order valence-electron chi connectivity index (χ3n) is 17.4. The van der Waals surface area contributed by atoms with Crippen LogP contribution in [0.25, 0.3) is 0 Å². The summed E-state index contributed by atoms with van der Waals surface area (Å²) >= 11 is 2.11. The van der Waals surface area contributed by atoms with Crippen molar-refractivity contribution in [3.63, 3.8) is 0 Å². The Bertz CT molecular complexity index is 3000. The van der Waals surface area contributed by atoms with Gasteiger partial charge in [0.2, 0.25) is 70.9 Å². The van der Waals surface area contributed by atoms with Crippen molar-refractivity contribution in [1.82, 2.24) is 60.5 Å². The Morgan fingerprint density at radius 3 is 1.77 bits per heavy atom. The van der Waals surface area contributed by atoms with Crippen LogP contribution in [0, 0.1) is 33.7 Å². The number of likely N-dealkylation sites (tertiary alicyclic amines) is 1. The van der Waals surface area contributed by atoms with Crippen LogP contribution in [0.5, 0.6) is 0 Å². The van der Waals surface area contributed by atoms with Crippen molar-refractivity contribution in [2.24, 2.45) is 17.8 Å². The average molecular weight is 1390 g/mol. The van der Waals surface area contributed by atoms with Crippen LogP contribution >= 0.6 is 22.6 Å². The number of nitrogens with one attached hydrogen (secondary N) is 4. The molecule has 92 heavy (non-hydrogen) atoms. The van der Waals surface area contributed by atoms with Gasteiger partial charge in [0.25, 0.3) is 0 Å². The first-order valence-corrected chi connectivity index (χ1v) is 32.7. The summed E-state index contributed by atoms with van der Waals surface area (Å²) in [7, 11) is 9.68. The molecule has 2 aromatic carbocycles. The lowest BCUT2D eigenvalue weighted by Gasteiger charge is -2.39. The van der Waals surface area contributed by atoms with Gasteiger partial charge in [-0.2, -0.15) is 0 Å². The van der Waals surface area contributed by atoms with Gasteiger partial charge in [0.05, 0.1) is 26.1 Å². The van der Waals surface area contributed by atoms with E-state index in [9.17, 15) is 52.7 Å². The molecule has 0 spiro atoms. The summed E-state index contributed by atoms with van der Waals surface area (Å²) in [6.07, 6.45) is 7.66. The molecule has 24 nitrogen and oxygen atoms in total. The van der Waals surface area contributed by atoms with Crippen LogP contribution in [-0.2, 0) is 70.4 Å². The fourth-order valence-electron chi connectivity index (χ4n) is 11.0. The maximum absolute atomic E-state index is 15.1. The highest BCUT2D eigenvalue weighted by Crippen LogP contribution is 2.23. The van der Waals surface area contributed by atoms with E-state index < -0.39 is 151 Å². The van der Waals surface area contributed by atoms with Crippen LogP contribution in [0.2, 0.25) is 0 Å². The van der Waals surface area contributed by atoms with Crippen molar-refractivity contribution < 1.29 is 57.5 Å². The van der Waals surface area contributed by atoms with Gasteiger partial charge in [-0.1, -0.05) is 90.4 Å². The smallest absolute Gasteiger partial charge is 0.246 e. The first-order valence-electron chi connectivity index (χ1n) is 31.7. The highest BCUT2D eigenvalue weighted by molar-refractivity contribution is 14.1. The zero-order valence-corrected chi connectivity index (χ0v) is 58.7. The van der Waals surface area contributed by atoms with Crippen LogP contribution in [0.1, 0.15) is 118 Å². The van der Waals surface area contributed by atoms with Gasteiger partial charge >= 0.3 is 0 Å². The number of hydrogen-bond acceptors (Lipinski definition) is 12. The van der Waals surface area contributed by atoms with Gasteiger partial charge in [-0.3, -0.25) is 57.5 Å². The number of piperidine rings is 1. The van der Waals surface area contributed by atoms with Crippen molar-refractivity contribution >= 4 is 93.5 Å². The van der Waals surface area contributed by atoms with Crippen LogP contribution < -0.4 is 21.3 Å². The van der Waals surface area contributed by atoms with E-state index in [0.717, 1.165) is 34.5 Å². The number of nitrogens with zero attached hydrogens (tertiary/aromatic N) is 8. The number of carbonyl (C=O) groups excluding carboxylic acids is 12. The van der Waals surface area contributed by atoms with Crippen LogP contribution in [0.15, 0.2) is 54.6 Å². The molecular formula is C67H99IN12O12. The molecule has 12 amide bonds. The number of amides is 12. The van der Waals surface area contributed by atoms with E-state index in [2.05, 4.69) is 49.8 Å². The van der Waals surface area contributed by atoms with Crippen molar-refractivity contribution in [3.8, 4) is 12.3 Å². The van der Waals surface area contributed by atoms with Crippen molar-refractivity contribution in [2.45, 2.75) is 167 Å². The molecule has 4 N–H and O–H groups in total. The maximum Gasteiger partial charge on any atom is 0.246 e. The van der Waals surface area contributed by atoms with Gasteiger partial charge in [-0.05, 0) is 110 Å². The average Bonchev–Trinajstić information content (AvgIpc) is 0.837. The lowest BCUT2D eigenvalue weighted by molar-refractivity contribution is -0.152. The van der Waals surface area contributed by atoms with Crippen molar-refractivity contribution in [1.29, 1.82) is 0 Å². The fourth-order valence-corrected chi connectivity index (χ4v) is 11.6. The molecule has 0 radical (unpaired) electrons. The SMILES string of the molecule is C#CC[C@@H]1NC(=O)[C@H](Cc2cccc(I)c2)NC(=O)CN(C)C(=O)[C@H](Cc2ccccc2)N(C)C(=O)CN(C)C(=O)CN(C)C(=O)[C@H]([C@@H](C)CC)NC(=O)[C@H](CC(C)C)N(C)C(=O)C[C@@H](C(=O)N2CCCCC2)N(C)C(=O)[C@H](CC(C)C)NC(=O)C(C)(C)N(C)C1=O. The highest BCUT2D eigenvalue weighted by Gasteiger charge is 2.44. The molecular weight excluding hydrogens is 1290 g/mol. The molecule has 0 aromatic heterocycles. The van der Waals surface area contributed by atoms with Gasteiger partial charge in [0, 0.05) is 85.3 Å². The van der Waals surface area contributed by atoms with E-state index in [0.29, 0.717) is 43.5 Å². The Balaban J connectivity index is 1.87. The Labute approximate surface area is 557 Å². The summed E-state index contributed by atoms with van der Waals surface area (Å²) in [5.41, 5.74) is -0.450. The summed E-state index contributed by atoms with van der Waals surface area (Å²) in [5.74, 6) is -6.79. The molecule has 2 saturated heterocycles. The summed E-state index contributed by atoms with van der Waals surface area (Å²) in [5, 5.41) is 11.2. The minimum Gasteiger partial charge on any atom is -0.342 e. The zero-order valence-electron chi connectivity index (χ0n) is 56.5. The van der Waals surface area contributed by atoms with E-state index in [1.807, 2.05) is 40.7 Å². The summed E-state index contributed by atoms with van der Waals surface area (Å²) in [4.78, 5) is 185. The minimum absolute atomic E-state index is 0.00439. The fraction of sp³-hybridized carbons (Fsp3) is 0.612. The monoisotopic (exact) mass is 1390 g/mol. The van der Waals surface area contributed by atoms with Crippen LogP contribution in [-0.4, -0.2) is 240 Å². The van der Waals surface area contributed by atoms with E-state index in [1.165, 1.54) is 73.0 Å². The zero-order chi connectivity index (χ0) is 69.1. The number of likely N-dealkylation sites (N-methyl/N-ethyl adjacent to an activating group) is 7. The van der Waals surface area contributed by atoms with Gasteiger partial charge in [0.15, 0.2) is 0 Å². The van der Waals surface area contributed by atoms with Gasteiger partial charge in [-0.25, -0.2) is 0 Å². The van der Waals surface area contributed by atoms with E-state index in [1.54, 1.807) is 60.4 Å². The first-order chi connectivity index (χ1) is 43.1. The molecule has 2 aromatic rings. The largest absolute Gasteiger partial charge is 0.342 e. The molecule has 2 fully saturated rings. The number of hydrogen-bond donors (Lipinski definition) is 4. The molecule has 0 aliphatic carbocycles. The molecule has 2 heterocycles. The molecule has 8 atom stereocenters. The lowest BCUT2D eigenvalue weighted by atomic mass is 9.95.